The Bertz CT molecular complexity index is 1350. The Morgan fingerprint density at radius 2 is 1.95 bits per heavy atom. The molecule has 3 amide bonds. The Morgan fingerprint density at radius 1 is 1.27 bits per heavy atom. The lowest BCUT2D eigenvalue weighted by molar-refractivity contribution is -0.149. The molecule has 21 heteroatoms. The van der Waals surface area contributed by atoms with Crippen molar-refractivity contribution in [3.05, 3.63) is 17.1 Å². The van der Waals surface area contributed by atoms with Gasteiger partial charge in [0.2, 0.25) is 22.8 Å². The van der Waals surface area contributed by atoms with E-state index in [4.69, 9.17) is 37.3 Å². The first kappa shape index (κ1) is 32.0. The summed E-state index contributed by atoms with van der Waals surface area (Å²) >= 11 is 6.50. The van der Waals surface area contributed by atoms with Crippen LogP contribution in [0.1, 0.15) is 33.5 Å². The van der Waals surface area contributed by atoms with Gasteiger partial charge in [-0.05, 0) is 33.3 Å². The van der Waals surface area contributed by atoms with Gasteiger partial charge in [-0.25, -0.2) is 14.4 Å². The predicted molar refractivity (Wildman–Crippen MR) is 144 cm³/mol. The van der Waals surface area contributed by atoms with Gasteiger partial charge < -0.3 is 24.2 Å². The number of fused-ring (bicyclic) bond motifs is 1. The molecule has 1 aromatic rings. The number of hydrogen-bond donors (Lipinski definition) is 2. The number of hydrogen-bond acceptors (Lipinski definition) is 14. The number of amides is 3. The van der Waals surface area contributed by atoms with Crippen LogP contribution < -0.4 is 10.6 Å². The standard InChI is InChI=1S/C20H21B2ClN6O10S2/c1-7(16(32)37-21)39-27-9(12-25-18(40-28-12)26-19(34)36-20(2,3)4)13(30)24-10-14(31)29-11(17(33)38-22)8(5-23)6-41(35)15(10)29/h7,10,15H,5-6H2,1-4H3,(H,24,30)(H,25,26,28,34)/b27-9-/t7-,10-,15-,41?/m1/s1. The molecule has 3 heterocycles. The third-order valence-electron chi connectivity index (χ3n) is 5.16. The largest absolute Gasteiger partial charge is 0.541 e. The lowest BCUT2D eigenvalue weighted by Crippen LogP contribution is -2.74. The molecule has 0 saturated carbocycles. The zero-order valence-electron chi connectivity index (χ0n) is 21.9. The Labute approximate surface area is 247 Å². The van der Waals surface area contributed by atoms with E-state index in [1.165, 1.54) is 6.92 Å². The number of nitrogens with one attached hydrogen (secondary N) is 2. The number of oxime groups is 1. The first-order valence-corrected chi connectivity index (χ1v) is 14.1. The van der Waals surface area contributed by atoms with Crippen molar-refractivity contribution in [2.75, 3.05) is 16.9 Å². The summed E-state index contributed by atoms with van der Waals surface area (Å²) in [5.74, 6) is -4.81. The van der Waals surface area contributed by atoms with Crippen LogP contribution in [0.25, 0.3) is 0 Å². The Kier molecular flexibility index (Phi) is 10.1. The highest BCUT2D eigenvalue weighted by molar-refractivity contribution is 7.86. The molecule has 216 valence electrons. The highest BCUT2D eigenvalue weighted by Gasteiger charge is 2.57. The molecule has 0 aromatic carbocycles. The van der Waals surface area contributed by atoms with E-state index in [1.54, 1.807) is 20.8 Å². The minimum Gasteiger partial charge on any atom is -0.541 e. The van der Waals surface area contributed by atoms with Gasteiger partial charge in [-0.2, -0.15) is 9.36 Å². The second-order valence-electron chi connectivity index (χ2n) is 9.24. The maximum atomic E-state index is 13.3. The second-order valence-corrected chi connectivity index (χ2v) is 11.8. The molecular formula is C20H21B2ClN6O10S2. The number of carbonyl (C=O) groups is 5. The van der Waals surface area contributed by atoms with Crippen molar-refractivity contribution in [2.24, 2.45) is 5.16 Å². The van der Waals surface area contributed by atoms with Crippen molar-refractivity contribution in [3.63, 3.8) is 0 Å². The fourth-order valence-corrected chi connectivity index (χ4v) is 6.00. The van der Waals surface area contributed by atoms with E-state index < -0.39 is 69.5 Å². The summed E-state index contributed by atoms with van der Waals surface area (Å²) in [5, 5.41) is 7.06. The molecule has 2 N–H and O–H groups in total. The summed E-state index contributed by atoms with van der Waals surface area (Å²) in [6, 6.07) is -1.39. The fraction of sp³-hybridized carbons (Fsp3) is 0.500. The summed E-state index contributed by atoms with van der Waals surface area (Å²) < 4.78 is 30.3. The van der Waals surface area contributed by atoms with Crippen molar-refractivity contribution in [1.82, 2.24) is 19.6 Å². The molecule has 4 atom stereocenters. The first-order valence-electron chi connectivity index (χ1n) is 11.4. The molecule has 1 fully saturated rings. The van der Waals surface area contributed by atoms with Crippen LogP contribution in [0.5, 0.6) is 0 Å². The van der Waals surface area contributed by atoms with Gasteiger partial charge in [0.25, 0.3) is 11.8 Å². The highest BCUT2D eigenvalue weighted by atomic mass is 35.5. The van der Waals surface area contributed by atoms with E-state index in [2.05, 4.69) is 34.5 Å². The van der Waals surface area contributed by atoms with Gasteiger partial charge in [0.1, 0.15) is 22.7 Å². The van der Waals surface area contributed by atoms with E-state index in [-0.39, 0.29) is 33.9 Å². The zero-order valence-corrected chi connectivity index (χ0v) is 24.3. The van der Waals surface area contributed by atoms with Crippen LogP contribution in [0.4, 0.5) is 9.93 Å². The van der Waals surface area contributed by atoms with Gasteiger partial charge in [0.05, 0.1) is 16.6 Å². The molecule has 16 nitrogen and oxygen atoms in total. The Balaban J connectivity index is 1.87. The molecule has 4 radical (unpaired) electrons. The van der Waals surface area contributed by atoms with Crippen molar-refractivity contribution in [1.29, 1.82) is 0 Å². The van der Waals surface area contributed by atoms with Crippen molar-refractivity contribution >= 4 is 90.7 Å². The molecule has 41 heavy (non-hydrogen) atoms. The van der Waals surface area contributed by atoms with Crippen molar-refractivity contribution in [3.8, 4) is 0 Å². The topological polar surface area (TPSA) is 205 Å². The van der Waals surface area contributed by atoms with Gasteiger partial charge in [-0.3, -0.25) is 24.0 Å². The summed E-state index contributed by atoms with van der Waals surface area (Å²) in [5.41, 5.74) is -1.55. The van der Waals surface area contributed by atoms with E-state index >= 15 is 0 Å². The number of halogens is 1. The molecule has 0 bridgehead atoms. The van der Waals surface area contributed by atoms with Gasteiger partial charge >= 0.3 is 34.1 Å². The van der Waals surface area contributed by atoms with Crippen LogP contribution in [0.2, 0.25) is 0 Å². The van der Waals surface area contributed by atoms with Gasteiger partial charge in [-0.15, -0.1) is 11.6 Å². The van der Waals surface area contributed by atoms with Gasteiger partial charge in [-0.1, -0.05) is 5.16 Å². The average molecular weight is 627 g/mol. The van der Waals surface area contributed by atoms with E-state index in [0.29, 0.717) is 11.5 Å². The summed E-state index contributed by atoms with van der Waals surface area (Å²) in [4.78, 5) is 72.1. The summed E-state index contributed by atoms with van der Waals surface area (Å²) in [7, 11) is 8.02. The SMILES string of the molecule is [B]OC(=O)C1=C(CCl)CS(=O)[C@@H]2[C@H](NC(=O)/C(=N\O[C@H](C)C(=O)O[B])c3nsc(NC(=O)OC(C)(C)C)n3)C(=O)N12. The number of ether oxygens (including phenoxy) is 1. The Hall–Kier alpha value is -3.51. The normalized spacial score (nSPS) is 21.2. The average Bonchev–Trinajstić information content (AvgIpc) is 3.36. The maximum Gasteiger partial charge on any atom is 0.414 e. The predicted octanol–water partition coefficient (Wildman–Crippen LogP) is -0.844. The number of anilines is 1. The number of alkyl halides is 1. The molecule has 1 unspecified atom stereocenters. The molecule has 1 saturated heterocycles. The van der Waals surface area contributed by atoms with Gasteiger partial charge in [0, 0.05) is 17.4 Å². The summed E-state index contributed by atoms with van der Waals surface area (Å²) in [6.45, 7) is 6.16. The summed E-state index contributed by atoms with van der Waals surface area (Å²) in [6.07, 6.45) is -2.23. The molecule has 3 rings (SSSR count). The fourth-order valence-electron chi connectivity index (χ4n) is 3.43. The number of rotatable bonds is 9. The van der Waals surface area contributed by atoms with Crippen LogP contribution in [-0.2, 0) is 48.9 Å². The quantitative estimate of drug-likeness (QED) is 0.113. The lowest BCUT2D eigenvalue weighted by Gasteiger charge is -2.49. The van der Waals surface area contributed by atoms with Gasteiger partial charge in [0.15, 0.2) is 0 Å². The number of carbonyl (C=O) groups excluding carboxylic acids is 5. The minimum atomic E-state index is -1.79. The van der Waals surface area contributed by atoms with Crippen LogP contribution in [0.3, 0.4) is 0 Å². The third-order valence-corrected chi connectivity index (χ3v) is 7.77. The highest BCUT2D eigenvalue weighted by Crippen LogP contribution is 2.35. The second kappa shape index (κ2) is 13.0. The van der Waals surface area contributed by atoms with Crippen molar-refractivity contribution < 1.29 is 47.1 Å². The minimum absolute atomic E-state index is 0.0906. The number of aromatic nitrogens is 2. The first-order chi connectivity index (χ1) is 19.2. The van der Waals surface area contributed by atoms with E-state index in [1.807, 2.05) is 0 Å². The van der Waals surface area contributed by atoms with Crippen molar-refractivity contribution in [2.45, 2.75) is 50.8 Å². The Morgan fingerprint density at radius 3 is 2.54 bits per heavy atom. The molecule has 0 spiro atoms. The van der Waals surface area contributed by atoms with E-state index in [0.717, 1.165) is 4.90 Å². The molecular weight excluding hydrogens is 605 g/mol. The monoisotopic (exact) mass is 626 g/mol. The third kappa shape index (κ3) is 7.23. The van der Waals surface area contributed by atoms with E-state index in [9.17, 15) is 28.2 Å². The smallest absolute Gasteiger partial charge is 0.414 e. The molecule has 2 aliphatic rings. The van der Waals surface area contributed by atoms with Crippen LogP contribution in [-0.4, -0.2) is 105 Å². The zero-order chi connectivity index (χ0) is 30.6. The van der Waals surface area contributed by atoms with Crippen LogP contribution in [0, 0.1) is 0 Å². The molecule has 2 aliphatic heterocycles. The van der Waals surface area contributed by atoms with Crippen LogP contribution in [0.15, 0.2) is 16.4 Å². The lowest BCUT2D eigenvalue weighted by atomic mass is 10.0. The molecule has 0 aliphatic carbocycles. The number of β-lactam (4-membered cyclic amide) rings is 1. The molecule has 1 aromatic heterocycles. The number of nitrogens with zero attached hydrogens (tertiary/aromatic N) is 4. The van der Waals surface area contributed by atoms with Crippen LogP contribution >= 0.6 is 23.1 Å². The maximum absolute atomic E-state index is 13.3.